The molecule has 2 heterocycles. The molecule has 0 bridgehead atoms. The Hall–Kier alpha value is -1.94. The predicted molar refractivity (Wildman–Crippen MR) is 73.3 cm³/mol. The molecule has 1 N–H and O–H groups in total. The molecule has 2 aromatic rings. The van der Waals surface area contributed by atoms with Gasteiger partial charge >= 0.3 is 0 Å². The van der Waals surface area contributed by atoms with Gasteiger partial charge < -0.3 is 9.84 Å². The second-order valence-electron chi connectivity index (χ2n) is 4.48. The fraction of sp³-hybridized carbons (Fsp3) is 0.333. The zero-order chi connectivity index (χ0) is 13.8. The highest BCUT2D eigenvalue weighted by Gasteiger charge is 2.09. The minimum atomic E-state index is -0.0135. The van der Waals surface area contributed by atoms with E-state index in [0.717, 1.165) is 34.7 Å². The minimum absolute atomic E-state index is 0.0135. The summed E-state index contributed by atoms with van der Waals surface area (Å²) < 4.78 is 5.83. The van der Waals surface area contributed by atoms with Gasteiger partial charge in [0, 0.05) is 17.5 Å². The van der Waals surface area contributed by atoms with Crippen LogP contribution in [0.15, 0.2) is 24.4 Å². The Morgan fingerprint density at radius 2 is 2.05 bits per heavy atom. The third-order valence-electron chi connectivity index (χ3n) is 2.88. The summed E-state index contributed by atoms with van der Waals surface area (Å²) in [6.45, 7) is 5.90. The summed E-state index contributed by atoms with van der Waals surface area (Å²) in [5.74, 6) is 1.29. The summed E-state index contributed by atoms with van der Waals surface area (Å²) in [6, 6.07) is 5.71. The van der Waals surface area contributed by atoms with Crippen molar-refractivity contribution in [2.45, 2.75) is 33.8 Å². The van der Waals surface area contributed by atoms with Crippen LogP contribution < -0.4 is 4.74 Å². The lowest BCUT2D eigenvalue weighted by atomic mass is 10.2. The number of aliphatic hydroxyl groups is 1. The number of rotatable bonds is 4. The lowest BCUT2D eigenvalue weighted by Crippen LogP contribution is -1.99. The molecule has 2 rings (SSSR count). The molecule has 2 aromatic heterocycles. The number of pyridine rings is 2. The Morgan fingerprint density at radius 1 is 1.26 bits per heavy atom. The Labute approximate surface area is 113 Å². The standard InChI is InChI=1S/C15H18N2O2/c1-4-13-14(6-5-11(3)17-13)19-15-10(2)7-12(9-18)8-16-15/h5-8,18H,4,9H2,1-3H3. The third-order valence-corrected chi connectivity index (χ3v) is 2.88. The molecule has 0 saturated carbocycles. The van der Waals surface area contributed by atoms with E-state index in [0.29, 0.717) is 5.88 Å². The zero-order valence-electron chi connectivity index (χ0n) is 11.5. The van der Waals surface area contributed by atoms with Gasteiger partial charge in [-0.1, -0.05) is 6.92 Å². The van der Waals surface area contributed by atoms with Crippen LogP contribution in [0.5, 0.6) is 11.6 Å². The van der Waals surface area contributed by atoms with Crippen molar-refractivity contribution in [3.8, 4) is 11.6 Å². The number of aliphatic hydroxyl groups excluding tert-OH is 1. The van der Waals surface area contributed by atoms with Crippen LogP contribution in [-0.2, 0) is 13.0 Å². The first-order valence-corrected chi connectivity index (χ1v) is 6.34. The van der Waals surface area contributed by atoms with Gasteiger partial charge in [0.15, 0.2) is 5.75 Å². The molecule has 0 unspecified atom stereocenters. The van der Waals surface area contributed by atoms with E-state index in [4.69, 9.17) is 9.84 Å². The van der Waals surface area contributed by atoms with Crippen molar-refractivity contribution >= 4 is 0 Å². The van der Waals surface area contributed by atoms with Crippen molar-refractivity contribution in [2.24, 2.45) is 0 Å². The molecule has 0 atom stereocenters. The van der Waals surface area contributed by atoms with E-state index < -0.39 is 0 Å². The van der Waals surface area contributed by atoms with E-state index in [-0.39, 0.29) is 6.61 Å². The molecule has 0 saturated heterocycles. The van der Waals surface area contributed by atoms with Crippen molar-refractivity contribution < 1.29 is 9.84 Å². The fourth-order valence-corrected chi connectivity index (χ4v) is 1.86. The van der Waals surface area contributed by atoms with Crippen LogP contribution in [0.1, 0.15) is 29.4 Å². The summed E-state index contributed by atoms with van der Waals surface area (Å²) in [5.41, 5.74) is 3.58. The van der Waals surface area contributed by atoms with Crippen molar-refractivity contribution in [3.63, 3.8) is 0 Å². The highest BCUT2D eigenvalue weighted by molar-refractivity contribution is 5.36. The van der Waals surface area contributed by atoms with Gasteiger partial charge in [0.05, 0.1) is 12.3 Å². The summed E-state index contributed by atoms with van der Waals surface area (Å²) in [5, 5.41) is 9.06. The van der Waals surface area contributed by atoms with E-state index in [1.54, 1.807) is 6.20 Å². The second kappa shape index (κ2) is 5.80. The molecular formula is C15H18N2O2. The molecule has 4 nitrogen and oxygen atoms in total. The number of hydrogen-bond donors (Lipinski definition) is 1. The number of hydrogen-bond acceptors (Lipinski definition) is 4. The number of ether oxygens (including phenoxy) is 1. The maximum atomic E-state index is 9.06. The summed E-state index contributed by atoms with van der Waals surface area (Å²) in [7, 11) is 0. The molecule has 0 aliphatic heterocycles. The summed E-state index contributed by atoms with van der Waals surface area (Å²) >= 11 is 0. The number of nitrogens with zero attached hydrogens (tertiary/aromatic N) is 2. The Morgan fingerprint density at radius 3 is 2.68 bits per heavy atom. The maximum Gasteiger partial charge on any atom is 0.222 e. The molecule has 0 amide bonds. The van der Waals surface area contributed by atoms with Crippen molar-refractivity contribution in [1.29, 1.82) is 0 Å². The van der Waals surface area contributed by atoms with Gasteiger partial charge in [0.2, 0.25) is 5.88 Å². The molecular weight excluding hydrogens is 240 g/mol. The van der Waals surface area contributed by atoms with Crippen LogP contribution in [0.2, 0.25) is 0 Å². The molecule has 0 spiro atoms. The fourth-order valence-electron chi connectivity index (χ4n) is 1.86. The van der Waals surface area contributed by atoms with Gasteiger partial charge in [-0.05, 0) is 44.0 Å². The molecule has 0 fully saturated rings. The minimum Gasteiger partial charge on any atom is -0.437 e. The topological polar surface area (TPSA) is 55.2 Å². The first kappa shape index (κ1) is 13.5. The summed E-state index contributed by atoms with van der Waals surface area (Å²) in [6.07, 6.45) is 2.43. The zero-order valence-corrected chi connectivity index (χ0v) is 11.5. The maximum absolute atomic E-state index is 9.06. The van der Waals surface area contributed by atoms with Crippen molar-refractivity contribution in [1.82, 2.24) is 9.97 Å². The van der Waals surface area contributed by atoms with Gasteiger partial charge in [-0.15, -0.1) is 0 Å². The van der Waals surface area contributed by atoms with Crippen LogP contribution >= 0.6 is 0 Å². The van der Waals surface area contributed by atoms with Gasteiger partial charge in [0.1, 0.15) is 0 Å². The van der Waals surface area contributed by atoms with Crippen molar-refractivity contribution in [3.05, 3.63) is 46.9 Å². The molecule has 0 radical (unpaired) electrons. The third kappa shape index (κ3) is 3.09. The smallest absolute Gasteiger partial charge is 0.222 e. The summed E-state index contributed by atoms with van der Waals surface area (Å²) in [4.78, 5) is 8.69. The van der Waals surface area contributed by atoms with Crippen LogP contribution in [-0.4, -0.2) is 15.1 Å². The number of aryl methyl sites for hydroxylation is 3. The van der Waals surface area contributed by atoms with E-state index in [2.05, 4.69) is 9.97 Å². The molecule has 0 aromatic carbocycles. The molecule has 0 aliphatic rings. The molecule has 4 heteroatoms. The van der Waals surface area contributed by atoms with Crippen LogP contribution in [0, 0.1) is 13.8 Å². The van der Waals surface area contributed by atoms with E-state index >= 15 is 0 Å². The van der Waals surface area contributed by atoms with E-state index in [1.807, 2.05) is 39.0 Å². The first-order valence-electron chi connectivity index (χ1n) is 6.34. The lowest BCUT2D eigenvalue weighted by molar-refractivity contribution is 0.281. The SMILES string of the molecule is CCc1nc(C)ccc1Oc1ncc(CO)cc1C. The Balaban J connectivity index is 2.31. The second-order valence-corrected chi connectivity index (χ2v) is 4.48. The Bertz CT molecular complexity index is 582. The predicted octanol–water partition coefficient (Wildman–Crippen LogP) is 2.94. The molecule has 100 valence electrons. The number of aromatic nitrogens is 2. The van der Waals surface area contributed by atoms with Gasteiger partial charge in [-0.2, -0.15) is 0 Å². The monoisotopic (exact) mass is 258 g/mol. The highest BCUT2D eigenvalue weighted by Crippen LogP contribution is 2.26. The van der Waals surface area contributed by atoms with Gasteiger partial charge in [-0.25, -0.2) is 4.98 Å². The highest BCUT2D eigenvalue weighted by atomic mass is 16.5. The van der Waals surface area contributed by atoms with Gasteiger partial charge in [-0.3, -0.25) is 4.98 Å². The normalized spacial score (nSPS) is 10.5. The average molecular weight is 258 g/mol. The van der Waals surface area contributed by atoms with E-state index in [1.165, 1.54) is 0 Å². The van der Waals surface area contributed by atoms with Crippen LogP contribution in [0.25, 0.3) is 0 Å². The molecule has 0 aliphatic carbocycles. The largest absolute Gasteiger partial charge is 0.437 e. The van der Waals surface area contributed by atoms with Crippen molar-refractivity contribution in [2.75, 3.05) is 0 Å². The van der Waals surface area contributed by atoms with E-state index in [9.17, 15) is 0 Å². The molecule has 19 heavy (non-hydrogen) atoms. The van der Waals surface area contributed by atoms with Gasteiger partial charge in [0.25, 0.3) is 0 Å². The van der Waals surface area contributed by atoms with Crippen LogP contribution in [0.3, 0.4) is 0 Å². The van der Waals surface area contributed by atoms with Crippen LogP contribution in [0.4, 0.5) is 0 Å². The first-order chi connectivity index (χ1) is 9.13. The quantitative estimate of drug-likeness (QED) is 0.916. The lowest BCUT2D eigenvalue weighted by Gasteiger charge is -2.11. The average Bonchev–Trinajstić information content (AvgIpc) is 2.42. The Kier molecular flexibility index (Phi) is 4.12.